The Hall–Kier alpha value is -4.95. The van der Waals surface area contributed by atoms with Gasteiger partial charge < -0.3 is 39.5 Å². The second kappa shape index (κ2) is 18.6. The van der Waals surface area contributed by atoms with E-state index in [0.717, 1.165) is 37.7 Å². The number of nitrogens with one attached hydrogen (secondary N) is 2. The van der Waals surface area contributed by atoms with E-state index in [1.807, 2.05) is 19.9 Å². The van der Waals surface area contributed by atoms with Crippen molar-refractivity contribution >= 4 is 46.6 Å². The van der Waals surface area contributed by atoms with Crippen LogP contribution in [0.2, 0.25) is 0 Å². The molecule has 3 heterocycles. The average molecular weight is 765 g/mol. The van der Waals surface area contributed by atoms with Crippen LogP contribution in [-0.2, 0) is 28.7 Å². The van der Waals surface area contributed by atoms with E-state index in [-0.39, 0.29) is 74.9 Å². The van der Waals surface area contributed by atoms with Crippen LogP contribution in [0.1, 0.15) is 102 Å². The van der Waals surface area contributed by atoms with Gasteiger partial charge in [0.05, 0.1) is 12.1 Å². The number of carbonyl (C=O) groups excluding carboxylic acids is 6. The number of aromatic nitrogens is 1. The molecule has 2 saturated heterocycles. The Morgan fingerprint density at radius 3 is 2.35 bits per heavy atom. The first-order valence-electron chi connectivity index (χ1n) is 19.6. The minimum atomic E-state index is -1.11. The number of unbranched alkanes of at least 4 members (excludes halogenated alkanes) is 1. The molecule has 2 atom stereocenters. The first-order valence-corrected chi connectivity index (χ1v) is 19.6. The van der Waals surface area contributed by atoms with E-state index in [1.165, 1.54) is 6.07 Å². The van der Waals surface area contributed by atoms with Crippen LogP contribution in [0.5, 0.6) is 5.75 Å². The van der Waals surface area contributed by atoms with Gasteiger partial charge in [0.25, 0.3) is 11.8 Å². The summed E-state index contributed by atoms with van der Waals surface area (Å²) < 4.78 is 16.9. The number of hydrogen-bond acceptors (Lipinski definition) is 10. The molecule has 0 unspecified atom stereocenters. The number of benzene rings is 1. The number of esters is 1. The fourth-order valence-electron chi connectivity index (χ4n) is 6.82. The van der Waals surface area contributed by atoms with Gasteiger partial charge in [-0.05, 0) is 90.3 Å². The van der Waals surface area contributed by atoms with Crippen molar-refractivity contribution in [2.45, 2.75) is 116 Å². The molecule has 0 radical (unpaired) electrons. The Morgan fingerprint density at radius 2 is 1.67 bits per heavy atom. The molecule has 2 aliphatic heterocycles. The van der Waals surface area contributed by atoms with Gasteiger partial charge in [0.1, 0.15) is 29.1 Å². The number of rotatable bonds is 14. The van der Waals surface area contributed by atoms with Crippen molar-refractivity contribution in [3.05, 3.63) is 35.5 Å². The molecule has 1 aromatic carbocycles. The highest BCUT2D eigenvalue weighted by atomic mass is 16.6. The molecule has 55 heavy (non-hydrogen) atoms. The van der Waals surface area contributed by atoms with E-state index in [1.54, 1.807) is 47.6 Å². The number of ether oxygens (including phenoxy) is 3. The zero-order valence-corrected chi connectivity index (χ0v) is 32.8. The van der Waals surface area contributed by atoms with Crippen LogP contribution in [-0.4, -0.2) is 125 Å². The van der Waals surface area contributed by atoms with Gasteiger partial charge in [-0.3, -0.25) is 24.0 Å². The number of amides is 5. The second-order valence-corrected chi connectivity index (χ2v) is 15.6. The monoisotopic (exact) mass is 764 g/mol. The third-order valence-electron chi connectivity index (χ3n) is 10.1. The summed E-state index contributed by atoms with van der Waals surface area (Å²) in [5.74, 6) is -1.82. The Bertz CT molecular complexity index is 1730. The quantitative estimate of drug-likeness (QED) is 0.212. The van der Waals surface area contributed by atoms with Gasteiger partial charge in [-0.1, -0.05) is 19.4 Å². The Morgan fingerprint density at radius 1 is 0.945 bits per heavy atom. The molecule has 15 nitrogen and oxygen atoms in total. The summed E-state index contributed by atoms with van der Waals surface area (Å²) in [7, 11) is 0. The zero-order valence-electron chi connectivity index (χ0n) is 32.8. The molecule has 5 rings (SSSR count). The number of hydrogen-bond donors (Lipinski definition) is 2. The molecule has 2 N–H and O–H groups in total. The Labute approximate surface area is 322 Å². The highest BCUT2D eigenvalue weighted by Gasteiger charge is 2.36. The maximum Gasteiger partial charge on any atom is 0.409 e. The molecule has 1 aromatic heterocycles. The van der Waals surface area contributed by atoms with E-state index in [4.69, 9.17) is 14.2 Å². The largest absolute Gasteiger partial charge is 0.483 e. The molecule has 1 aliphatic carbocycles. The van der Waals surface area contributed by atoms with Gasteiger partial charge in [-0.15, -0.1) is 0 Å². The first kappa shape index (κ1) is 41.2. The van der Waals surface area contributed by atoms with E-state index in [0.29, 0.717) is 36.9 Å². The third-order valence-corrected chi connectivity index (χ3v) is 10.1. The van der Waals surface area contributed by atoms with Gasteiger partial charge in [0, 0.05) is 56.6 Å². The minimum Gasteiger partial charge on any atom is -0.483 e. The Balaban J connectivity index is 1.30. The van der Waals surface area contributed by atoms with Gasteiger partial charge >= 0.3 is 12.1 Å². The topological polar surface area (TPSA) is 177 Å². The SMILES string of the molecule is CCCCOC(=O)N1CCN(C(=O)[C@H](CCC(=O)OC(C)(C)C)NC(=O)c2cc(OCC(=O)N3CCC[C@H]3C(=O)NC3CCC3)c3ccc(C)cc3n2)CC1. The zero-order chi connectivity index (χ0) is 39.7. The minimum absolute atomic E-state index is 0.0331. The fourth-order valence-corrected chi connectivity index (χ4v) is 6.82. The predicted octanol–water partition coefficient (Wildman–Crippen LogP) is 3.88. The molecule has 15 heteroatoms. The number of fused-ring (bicyclic) bond motifs is 1. The molecule has 5 amide bonds. The highest BCUT2D eigenvalue weighted by molar-refractivity contribution is 5.99. The normalized spacial score (nSPS) is 18.0. The van der Waals surface area contributed by atoms with Crippen LogP contribution in [0.15, 0.2) is 24.3 Å². The van der Waals surface area contributed by atoms with E-state index in [9.17, 15) is 28.8 Å². The summed E-state index contributed by atoms with van der Waals surface area (Å²) >= 11 is 0. The number of piperazine rings is 1. The molecular formula is C40H56N6O9. The fraction of sp³-hybridized carbons (Fsp3) is 0.625. The number of pyridine rings is 1. The summed E-state index contributed by atoms with van der Waals surface area (Å²) in [6.07, 6.45) is 5.36. The Kier molecular flexibility index (Phi) is 13.9. The van der Waals surface area contributed by atoms with E-state index < -0.39 is 41.6 Å². The summed E-state index contributed by atoms with van der Waals surface area (Å²) in [4.78, 5) is 88.7. The number of carbonyl (C=O) groups is 6. The van der Waals surface area contributed by atoms with Crippen molar-refractivity contribution in [1.82, 2.24) is 30.3 Å². The van der Waals surface area contributed by atoms with Crippen LogP contribution in [0.4, 0.5) is 4.79 Å². The predicted molar refractivity (Wildman–Crippen MR) is 203 cm³/mol. The van der Waals surface area contributed by atoms with Gasteiger partial charge in [-0.25, -0.2) is 9.78 Å². The maximum absolute atomic E-state index is 13.9. The van der Waals surface area contributed by atoms with Gasteiger partial charge in [0.15, 0.2) is 6.61 Å². The van der Waals surface area contributed by atoms with Gasteiger partial charge in [-0.2, -0.15) is 0 Å². The van der Waals surface area contributed by atoms with Gasteiger partial charge in [0.2, 0.25) is 11.8 Å². The smallest absolute Gasteiger partial charge is 0.409 e. The second-order valence-electron chi connectivity index (χ2n) is 15.6. The lowest BCUT2D eigenvalue weighted by Crippen LogP contribution is -2.56. The first-order chi connectivity index (χ1) is 26.2. The summed E-state index contributed by atoms with van der Waals surface area (Å²) in [6, 6.07) is 5.41. The molecule has 2 aromatic rings. The maximum atomic E-state index is 13.9. The molecule has 3 fully saturated rings. The molecule has 3 aliphatic rings. The number of likely N-dealkylation sites (tertiary alicyclic amines) is 1. The van der Waals surface area contributed by atoms with Crippen molar-refractivity contribution in [2.75, 3.05) is 45.9 Å². The molecule has 0 bridgehead atoms. The lowest BCUT2D eigenvalue weighted by Gasteiger charge is -2.36. The standard InChI is InChI=1S/C40H56N6O9/c1-6-7-22-53-39(52)45-20-18-44(19-21-45)38(51)29(15-16-35(48)55-40(3,4)5)43-36(49)31-24-33(28-14-13-26(2)23-30(28)42-31)54-25-34(47)46-17-9-12-32(46)37(50)41-27-10-8-11-27/h13-14,23-24,27,29,32H,6-12,15-22,25H2,1-5H3,(H,41,50)(H,43,49)/t29-,32-/m0/s1. The molecule has 0 spiro atoms. The highest BCUT2D eigenvalue weighted by Crippen LogP contribution is 2.28. The number of nitrogens with zero attached hydrogens (tertiary/aromatic N) is 4. The van der Waals surface area contributed by atoms with Crippen molar-refractivity contribution in [2.24, 2.45) is 0 Å². The van der Waals surface area contributed by atoms with E-state index >= 15 is 0 Å². The van der Waals surface area contributed by atoms with Crippen LogP contribution < -0.4 is 15.4 Å². The van der Waals surface area contributed by atoms with Crippen LogP contribution in [0.3, 0.4) is 0 Å². The summed E-state index contributed by atoms with van der Waals surface area (Å²) in [6.45, 7) is 10.5. The van der Waals surface area contributed by atoms with Crippen LogP contribution >= 0.6 is 0 Å². The van der Waals surface area contributed by atoms with Crippen LogP contribution in [0, 0.1) is 6.92 Å². The molecular weight excluding hydrogens is 708 g/mol. The average Bonchev–Trinajstić information content (AvgIpc) is 3.63. The van der Waals surface area contributed by atoms with Crippen molar-refractivity contribution in [1.29, 1.82) is 0 Å². The lowest BCUT2D eigenvalue weighted by molar-refractivity contribution is -0.155. The van der Waals surface area contributed by atoms with Crippen molar-refractivity contribution < 1.29 is 43.0 Å². The number of aryl methyl sites for hydroxylation is 1. The molecule has 300 valence electrons. The summed E-state index contributed by atoms with van der Waals surface area (Å²) in [5.41, 5.74) is 0.558. The third kappa shape index (κ3) is 11.3. The lowest BCUT2D eigenvalue weighted by atomic mass is 9.93. The van der Waals surface area contributed by atoms with E-state index in [2.05, 4.69) is 15.6 Å². The molecule has 1 saturated carbocycles. The van der Waals surface area contributed by atoms with Crippen molar-refractivity contribution in [3.8, 4) is 5.75 Å². The van der Waals surface area contributed by atoms with Crippen molar-refractivity contribution in [3.63, 3.8) is 0 Å². The van der Waals surface area contributed by atoms with Crippen LogP contribution in [0.25, 0.3) is 10.9 Å². The summed E-state index contributed by atoms with van der Waals surface area (Å²) in [5, 5.41) is 6.43.